The van der Waals surface area contributed by atoms with Gasteiger partial charge >= 0.3 is 5.97 Å². The van der Waals surface area contributed by atoms with Crippen molar-refractivity contribution in [1.29, 1.82) is 0 Å². The van der Waals surface area contributed by atoms with Crippen LogP contribution in [0.4, 0.5) is 0 Å². The first-order chi connectivity index (χ1) is 17.9. The van der Waals surface area contributed by atoms with E-state index < -0.39 is 12.0 Å². The topological polar surface area (TPSA) is 76.6 Å². The van der Waals surface area contributed by atoms with Crippen LogP contribution in [-0.4, -0.2) is 64.0 Å². The number of para-hydroxylation sites is 1. The summed E-state index contributed by atoms with van der Waals surface area (Å²) in [6, 6.07) is 13.1. The molecule has 2 saturated heterocycles. The molecule has 2 fully saturated rings. The van der Waals surface area contributed by atoms with Crippen LogP contribution in [0.5, 0.6) is 0 Å². The van der Waals surface area contributed by atoms with Gasteiger partial charge in [0.2, 0.25) is 5.91 Å². The number of halogens is 2. The Morgan fingerprint density at radius 3 is 2.41 bits per heavy atom. The predicted octanol–water partition coefficient (Wildman–Crippen LogP) is 6.06. The molecular formula is C29H31Cl2N3O3. The number of benzene rings is 2. The molecule has 0 saturated carbocycles. The van der Waals surface area contributed by atoms with Gasteiger partial charge in [0.05, 0.1) is 10.0 Å². The molecule has 2 N–H and O–H groups in total. The molecule has 3 aromatic rings. The highest BCUT2D eigenvalue weighted by Crippen LogP contribution is 2.35. The van der Waals surface area contributed by atoms with Crippen molar-refractivity contribution in [3.05, 3.63) is 75.9 Å². The maximum absolute atomic E-state index is 12.7. The minimum absolute atomic E-state index is 0.0326. The number of nitrogens with zero attached hydrogens (tertiary/aromatic N) is 2. The van der Waals surface area contributed by atoms with Crippen molar-refractivity contribution in [1.82, 2.24) is 14.8 Å². The summed E-state index contributed by atoms with van der Waals surface area (Å²) in [6.45, 7) is 2.66. The lowest BCUT2D eigenvalue weighted by Crippen LogP contribution is -2.52. The molecule has 2 aliphatic heterocycles. The Morgan fingerprint density at radius 2 is 1.70 bits per heavy atom. The molecule has 1 amide bonds. The fourth-order valence-electron chi connectivity index (χ4n) is 5.90. The van der Waals surface area contributed by atoms with Gasteiger partial charge in [-0.25, -0.2) is 0 Å². The number of H-pyrrole nitrogens is 1. The largest absolute Gasteiger partial charge is 0.480 e. The number of carboxylic acids is 1. The highest BCUT2D eigenvalue weighted by Gasteiger charge is 2.38. The summed E-state index contributed by atoms with van der Waals surface area (Å²) < 4.78 is 0. The van der Waals surface area contributed by atoms with Crippen LogP contribution in [-0.2, 0) is 9.59 Å². The molecule has 1 atom stereocenters. The summed E-state index contributed by atoms with van der Waals surface area (Å²) >= 11 is 12.0. The third-order valence-corrected chi connectivity index (χ3v) is 8.64. The Balaban J connectivity index is 1.16. The van der Waals surface area contributed by atoms with Crippen LogP contribution < -0.4 is 0 Å². The maximum atomic E-state index is 12.7. The van der Waals surface area contributed by atoms with E-state index in [0.29, 0.717) is 41.9 Å². The molecule has 1 aromatic heterocycles. The van der Waals surface area contributed by atoms with Gasteiger partial charge < -0.3 is 15.0 Å². The first-order valence-corrected chi connectivity index (χ1v) is 13.6. The van der Waals surface area contributed by atoms with Gasteiger partial charge in [-0.05, 0) is 86.0 Å². The van der Waals surface area contributed by atoms with Crippen LogP contribution >= 0.6 is 23.2 Å². The number of aromatic nitrogens is 1. The lowest BCUT2D eigenvalue weighted by molar-refractivity contribution is -0.147. The van der Waals surface area contributed by atoms with Gasteiger partial charge in [0, 0.05) is 36.3 Å². The van der Waals surface area contributed by atoms with Crippen molar-refractivity contribution >= 4 is 52.1 Å². The number of carbonyl (C=O) groups is 2. The number of carboxylic acid groups (broad SMARTS) is 1. The third-order valence-electron chi connectivity index (χ3n) is 7.90. The number of carbonyl (C=O) groups excluding carboxylic acids is 1. The van der Waals surface area contributed by atoms with Gasteiger partial charge in [-0.3, -0.25) is 14.5 Å². The van der Waals surface area contributed by atoms with E-state index in [-0.39, 0.29) is 11.8 Å². The molecule has 194 valence electrons. The van der Waals surface area contributed by atoms with Crippen molar-refractivity contribution in [2.45, 2.75) is 37.6 Å². The number of aromatic amines is 1. The molecule has 0 radical (unpaired) electrons. The van der Waals surface area contributed by atoms with Crippen LogP contribution in [0.25, 0.3) is 17.0 Å². The zero-order valence-corrected chi connectivity index (χ0v) is 22.1. The number of aliphatic carboxylic acids is 1. The van der Waals surface area contributed by atoms with Crippen molar-refractivity contribution in [2.24, 2.45) is 5.92 Å². The van der Waals surface area contributed by atoms with Gasteiger partial charge in [0.1, 0.15) is 6.04 Å². The van der Waals surface area contributed by atoms with Crippen molar-refractivity contribution in [3.8, 4) is 0 Å². The Bertz CT molecular complexity index is 1300. The van der Waals surface area contributed by atoms with Crippen LogP contribution in [0.3, 0.4) is 0 Å². The van der Waals surface area contributed by atoms with E-state index in [1.165, 1.54) is 10.9 Å². The van der Waals surface area contributed by atoms with Crippen LogP contribution in [0, 0.1) is 5.92 Å². The third kappa shape index (κ3) is 5.71. The number of amides is 1. The molecule has 6 nitrogen and oxygen atoms in total. The number of likely N-dealkylation sites (tertiary alicyclic amines) is 2. The molecule has 0 aliphatic carbocycles. The molecule has 2 aromatic carbocycles. The molecule has 1 unspecified atom stereocenters. The van der Waals surface area contributed by atoms with E-state index in [0.717, 1.165) is 37.0 Å². The number of nitrogens with one attached hydrogen (secondary N) is 1. The van der Waals surface area contributed by atoms with E-state index in [2.05, 4.69) is 34.3 Å². The second kappa shape index (κ2) is 11.3. The lowest BCUT2D eigenvalue weighted by atomic mass is 9.84. The Labute approximate surface area is 226 Å². The summed E-state index contributed by atoms with van der Waals surface area (Å²) in [4.78, 5) is 32.4. The first-order valence-electron chi connectivity index (χ1n) is 12.9. The Kier molecular flexibility index (Phi) is 7.89. The molecular weight excluding hydrogens is 509 g/mol. The summed E-state index contributed by atoms with van der Waals surface area (Å²) in [7, 11) is 0. The second-order valence-corrected chi connectivity index (χ2v) is 10.9. The van der Waals surface area contributed by atoms with E-state index in [1.807, 2.05) is 12.1 Å². The monoisotopic (exact) mass is 539 g/mol. The molecule has 8 heteroatoms. The van der Waals surface area contributed by atoms with Crippen LogP contribution in [0.1, 0.15) is 42.7 Å². The van der Waals surface area contributed by atoms with Crippen LogP contribution in [0.2, 0.25) is 10.0 Å². The standard InChI is InChI=1S/C29H31Cl2N3O3/c30-24-7-5-19(17-25(24)31)6-8-27(35)33-13-11-21(12-14-33)28(29(36)37)34-15-9-20(10-16-34)23-18-32-26-4-2-1-3-22(23)26/h1-8,17-18,20-21,28,32H,9-16H2,(H,36,37)/b8-6+. The highest BCUT2D eigenvalue weighted by atomic mass is 35.5. The SMILES string of the molecule is O=C(O)C(C1CCN(C(=O)/C=C/c2ccc(Cl)c(Cl)c2)CC1)N1CCC(c2c[nH]c3ccccc23)CC1. The maximum Gasteiger partial charge on any atom is 0.321 e. The average Bonchev–Trinajstić information content (AvgIpc) is 3.34. The molecule has 0 bridgehead atoms. The first kappa shape index (κ1) is 25.8. The Hall–Kier alpha value is -2.80. The summed E-state index contributed by atoms with van der Waals surface area (Å²) in [6.07, 6.45) is 8.66. The van der Waals surface area contributed by atoms with Gasteiger partial charge in [0.15, 0.2) is 0 Å². The van der Waals surface area contributed by atoms with Crippen molar-refractivity contribution < 1.29 is 14.7 Å². The summed E-state index contributed by atoms with van der Waals surface area (Å²) in [5.74, 6) is -0.361. The summed E-state index contributed by atoms with van der Waals surface area (Å²) in [5, 5.41) is 12.3. The van der Waals surface area contributed by atoms with Crippen molar-refractivity contribution in [3.63, 3.8) is 0 Å². The van der Waals surface area contributed by atoms with Crippen LogP contribution in [0.15, 0.2) is 54.7 Å². The average molecular weight is 540 g/mol. The molecule has 37 heavy (non-hydrogen) atoms. The normalized spacial score (nSPS) is 19.0. The van der Waals surface area contributed by atoms with E-state index in [4.69, 9.17) is 23.2 Å². The molecule has 2 aliphatic rings. The zero-order chi connectivity index (χ0) is 25.9. The van der Waals surface area contributed by atoms with E-state index in [1.54, 1.807) is 29.2 Å². The lowest BCUT2D eigenvalue weighted by Gasteiger charge is -2.41. The predicted molar refractivity (Wildman–Crippen MR) is 148 cm³/mol. The van der Waals surface area contributed by atoms with E-state index in [9.17, 15) is 14.7 Å². The minimum Gasteiger partial charge on any atom is -0.480 e. The van der Waals surface area contributed by atoms with Gasteiger partial charge in [-0.15, -0.1) is 0 Å². The number of hydrogen-bond acceptors (Lipinski definition) is 3. The minimum atomic E-state index is -0.755. The number of fused-ring (bicyclic) bond motifs is 1. The Morgan fingerprint density at radius 1 is 0.973 bits per heavy atom. The van der Waals surface area contributed by atoms with Gasteiger partial charge in [0.25, 0.3) is 0 Å². The fourth-order valence-corrected chi connectivity index (χ4v) is 6.21. The smallest absolute Gasteiger partial charge is 0.321 e. The second-order valence-electron chi connectivity index (χ2n) is 10.1. The number of rotatable bonds is 6. The van der Waals surface area contributed by atoms with Gasteiger partial charge in [-0.1, -0.05) is 47.5 Å². The number of hydrogen-bond donors (Lipinski definition) is 2. The van der Waals surface area contributed by atoms with Gasteiger partial charge in [-0.2, -0.15) is 0 Å². The highest BCUT2D eigenvalue weighted by molar-refractivity contribution is 6.42. The molecule has 0 spiro atoms. The van der Waals surface area contributed by atoms with Crippen molar-refractivity contribution in [2.75, 3.05) is 26.2 Å². The summed E-state index contributed by atoms with van der Waals surface area (Å²) in [5.41, 5.74) is 3.29. The van der Waals surface area contributed by atoms with E-state index >= 15 is 0 Å². The molecule has 3 heterocycles. The number of piperidine rings is 2. The quantitative estimate of drug-likeness (QED) is 0.373. The zero-order valence-electron chi connectivity index (χ0n) is 20.6. The fraction of sp³-hybridized carbons (Fsp3) is 0.379. The molecule has 5 rings (SSSR count).